The first-order valence-electron chi connectivity index (χ1n) is 5.59. The predicted octanol–water partition coefficient (Wildman–Crippen LogP) is 2.12. The summed E-state index contributed by atoms with van der Waals surface area (Å²) in [5.41, 5.74) is 0.453. The van der Waals surface area contributed by atoms with Crippen LogP contribution in [0.4, 0.5) is 0 Å². The van der Waals surface area contributed by atoms with E-state index in [1.165, 1.54) is 24.3 Å². The van der Waals surface area contributed by atoms with Gasteiger partial charge in [-0.1, -0.05) is 65.2 Å². The maximum absolute atomic E-state index is 11.7. The van der Waals surface area contributed by atoms with Crippen LogP contribution in [0, 0.1) is 0 Å². The highest BCUT2D eigenvalue weighted by Crippen LogP contribution is 2.47. The number of benzene rings is 2. The van der Waals surface area contributed by atoms with E-state index >= 15 is 0 Å². The van der Waals surface area contributed by atoms with Crippen LogP contribution in [0.1, 0.15) is 11.1 Å². The average molecular weight is 274 g/mol. The van der Waals surface area contributed by atoms with Gasteiger partial charge in [0.15, 0.2) is 0 Å². The molecule has 4 nitrogen and oxygen atoms in total. The van der Waals surface area contributed by atoms with Crippen molar-refractivity contribution in [3.8, 4) is 0 Å². The second kappa shape index (κ2) is 5.31. The van der Waals surface area contributed by atoms with Crippen LogP contribution in [0.25, 0.3) is 0 Å². The number of hydrogen-bond acceptors (Lipinski definition) is 3. The largest absolute Gasteiger partial charge is 0.594 e. The van der Waals surface area contributed by atoms with Gasteiger partial charge in [0.25, 0.3) is 0 Å². The van der Waals surface area contributed by atoms with Crippen molar-refractivity contribution in [1.29, 1.82) is 0 Å². The number of rotatable bonds is 4. The Kier molecular flexibility index (Phi) is 3.74. The fraction of sp³-hybridized carbons (Fsp3) is 0.0714. The summed E-state index contributed by atoms with van der Waals surface area (Å²) in [6, 6.07) is 15.9. The van der Waals surface area contributed by atoms with E-state index in [4.69, 9.17) is 0 Å². The summed E-state index contributed by atoms with van der Waals surface area (Å²) in [5, 5.41) is 7.47. The van der Waals surface area contributed by atoms with Gasteiger partial charge in [0.2, 0.25) is 0 Å². The summed E-state index contributed by atoms with van der Waals surface area (Å²) in [5.74, 6) is -1.40. The molecule has 0 fully saturated rings. The molecule has 2 aromatic carbocycles. The highest BCUT2D eigenvalue weighted by Gasteiger charge is 2.54. The van der Waals surface area contributed by atoms with Crippen LogP contribution in [-0.4, -0.2) is 11.1 Å². The normalized spacial score (nSPS) is 11.9. The van der Waals surface area contributed by atoms with Crippen molar-refractivity contribution in [2.75, 3.05) is 0 Å². The molecule has 0 aliphatic rings. The molecule has 0 aromatic heterocycles. The highest BCUT2D eigenvalue weighted by atomic mass is 31.1. The van der Waals surface area contributed by atoms with Gasteiger partial charge in [0.05, 0.1) is 0 Å². The summed E-state index contributed by atoms with van der Waals surface area (Å²) >= 11 is 0. The molecule has 19 heavy (non-hydrogen) atoms. The molecule has 5 heteroatoms. The third kappa shape index (κ3) is 2.16. The van der Waals surface area contributed by atoms with Gasteiger partial charge in [0, 0.05) is 11.1 Å². The molecule has 2 aromatic rings. The maximum atomic E-state index is 11.7. The van der Waals surface area contributed by atoms with Gasteiger partial charge in [-0.05, 0) is 0 Å². The monoisotopic (exact) mass is 274 g/mol. The molecule has 0 bridgehead atoms. The molecular formula is C14H11O4P. The zero-order valence-corrected chi connectivity index (χ0v) is 10.8. The molecule has 1 atom stereocenters. The lowest BCUT2D eigenvalue weighted by atomic mass is 9.90. The minimum atomic E-state index is -3.24. The van der Waals surface area contributed by atoms with Gasteiger partial charge in [-0.3, -0.25) is 0 Å². The zero-order chi connectivity index (χ0) is 13.9. The topological polar surface area (TPSA) is 77.4 Å². The minimum Gasteiger partial charge on any atom is -0.594 e. The maximum Gasteiger partial charge on any atom is 0.368 e. The molecule has 0 heterocycles. The molecule has 0 amide bonds. The van der Waals surface area contributed by atoms with Crippen molar-refractivity contribution >= 4 is 14.0 Å². The van der Waals surface area contributed by atoms with Gasteiger partial charge in [-0.25, -0.2) is 4.79 Å². The van der Waals surface area contributed by atoms with Gasteiger partial charge < -0.3 is 10.00 Å². The Morgan fingerprint density at radius 2 is 1.32 bits per heavy atom. The number of carboxylic acids is 1. The Morgan fingerprint density at radius 1 is 0.947 bits per heavy atom. The third-order valence-electron chi connectivity index (χ3n) is 2.97. The second-order valence-electron chi connectivity index (χ2n) is 4.00. The predicted molar refractivity (Wildman–Crippen MR) is 68.9 cm³/mol. The Balaban J connectivity index is 2.77. The molecule has 0 radical (unpaired) electrons. The van der Waals surface area contributed by atoms with Crippen molar-refractivity contribution in [2.24, 2.45) is 0 Å². The Labute approximate surface area is 111 Å². The first-order chi connectivity index (χ1) is 9.10. The Morgan fingerprint density at radius 3 is 1.58 bits per heavy atom. The van der Waals surface area contributed by atoms with E-state index in [0.717, 1.165) is 0 Å². The summed E-state index contributed by atoms with van der Waals surface area (Å²) in [6.45, 7) is 0. The second-order valence-corrected chi connectivity index (χ2v) is 5.19. The van der Waals surface area contributed by atoms with Crippen LogP contribution in [0.15, 0.2) is 60.7 Å². The van der Waals surface area contributed by atoms with Gasteiger partial charge in [0.1, 0.15) is 0 Å². The van der Waals surface area contributed by atoms with Crippen LogP contribution in [0.2, 0.25) is 0 Å². The summed E-state index contributed by atoms with van der Waals surface area (Å²) in [6.07, 6.45) is 0. The molecule has 96 valence electrons. The van der Waals surface area contributed by atoms with E-state index < -0.39 is 19.2 Å². The highest BCUT2D eigenvalue weighted by molar-refractivity contribution is 7.39. The molecule has 1 N–H and O–H groups in total. The number of carboxylic acid groups (broad SMARTS) is 1. The van der Waals surface area contributed by atoms with Crippen molar-refractivity contribution in [3.05, 3.63) is 71.8 Å². The van der Waals surface area contributed by atoms with Crippen LogP contribution in [0.5, 0.6) is 0 Å². The fourth-order valence-electron chi connectivity index (χ4n) is 2.06. The number of aliphatic carboxylic acids is 1. The van der Waals surface area contributed by atoms with E-state index in [2.05, 4.69) is 0 Å². The van der Waals surface area contributed by atoms with Gasteiger partial charge in [-0.2, -0.15) is 0 Å². The molecule has 0 spiro atoms. The summed E-state index contributed by atoms with van der Waals surface area (Å²) in [7, 11) is -3.24. The van der Waals surface area contributed by atoms with Crippen LogP contribution in [0.3, 0.4) is 0 Å². The fourth-order valence-corrected chi connectivity index (χ4v) is 2.94. The molecule has 1 unspecified atom stereocenters. The quantitative estimate of drug-likeness (QED) is 0.866. The molecule has 0 saturated heterocycles. The lowest BCUT2D eigenvalue weighted by Crippen LogP contribution is -2.36. The van der Waals surface area contributed by atoms with E-state index in [-0.39, 0.29) is 11.1 Å². The minimum absolute atomic E-state index is 0.227. The van der Waals surface area contributed by atoms with Crippen LogP contribution in [-0.2, 0) is 14.5 Å². The lowest BCUT2D eigenvalue weighted by molar-refractivity contribution is -0.172. The average Bonchev–Trinajstić information content (AvgIpc) is 2.41. The third-order valence-corrected chi connectivity index (χ3v) is 4.22. The van der Waals surface area contributed by atoms with E-state index in [9.17, 15) is 19.4 Å². The first kappa shape index (κ1) is 13.4. The van der Waals surface area contributed by atoms with Crippen molar-refractivity contribution in [1.82, 2.24) is 0 Å². The van der Waals surface area contributed by atoms with Crippen LogP contribution >= 0.6 is 8.03 Å². The van der Waals surface area contributed by atoms with E-state index in [1.54, 1.807) is 36.4 Å². The lowest BCUT2D eigenvalue weighted by Gasteiger charge is -2.21. The van der Waals surface area contributed by atoms with Crippen LogP contribution < -0.4 is 4.89 Å². The van der Waals surface area contributed by atoms with Crippen molar-refractivity contribution in [2.45, 2.75) is 5.16 Å². The number of hydrogen-bond donors (Lipinski definition) is 1. The van der Waals surface area contributed by atoms with Crippen molar-refractivity contribution in [3.63, 3.8) is 0 Å². The van der Waals surface area contributed by atoms with E-state index in [0.29, 0.717) is 0 Å². The molecule has 2 rings (SSSR count). The summed E-state index contributed by atoms with van der Waals surface area (Å²) < 4.78 is 11.7. The SMILES string of the molecule is O=C(O)C(c1ccccc1)(c1ccccc1)[P+](=O)[O-]. The number of carbonyl (C=O) groups is 1. The summed E-state index contributed by atoms with van der Waals surface area (Å²) in [4.78, 5) is 23.4. The molecular weight excluding hydrogens is 263 g/mol. The smallest absolute Gasteiger partial charge is 0.368 e. The standard InChI is InChI=1S/C14H11O4P/c15-13(16)14(19(17)18,11-7-3-1-4-8-11)12-9-5-2-6-10-12/h1-10H,(H,15,16). The molecule has 0 aliphatic heterocycles. The van der Waals surface area contributed by atoms with Gasteiger partial charge >= 0.3 is 19.2 Å². The zero-order valence-electron chi connectivity index (χ0n) is 9.89. The molecule has 0 saturated carbocycles. The first-order valence-corrected chi connectivity index (χ1v) is 6.77. The Bertz CT molecular complexity index is 540. The van der Waals surface area contributed by atoms with E-state index in [1.807, 2.05) is 0 Å². The molecule has 0 aliphatic carbocycles. The Hall–Kier alpha value is -2.03. The van der Waals surface area contributed by atoms with Gasteiger partial charge in [-0.15, -0.1) is 0 Å². The van der Waals surface area contributed by atoms with Crippen molar-refractivity contribution < 1.29 is 19.4 Å².